The Balaban J connectivity index is 1.77. The van der Waals surface area contributed by atoms with Gasteiger partial charge in [-0.1, -0.05) is 12.1 Å². The molecule has 0 saturated carbocycles. The van der Waals surface area contributed by atoms with Crippen LogP contribution in [-0.2, 0) is 6.54 Å². The molecule has 0 N–H and O–H groups in total. The van der Waals surface area contributed by atoms with E-state index in [0.717, 1.165) is 10.1 Å². The van der Waals surface area contributed by atoms with Crippen LogP contribution in [0.3, 0.4) is 0 Å². The summed E-state index contributed by atoms with van der Waals surface area (Å²) in [6.07, 6.45) is -2.79. The van der Waals surface area contributed by atoms with Crippen molar-refractivity contribution < 1.29 is 22.3 Å². The average Bonchev–Trinajstić information content (AvgIpc) is 2.99. The van der Waals surface area contributed by atoms with Crippen LogP contribution in [-0.4, -0.2) is 33.5 Å². The summed E-state index contributed by atoms with van der Waals surface area (Å²) in [5.41, 5.74) is 1.03. The Hall–Kier alpha value is -2.91. The topological polar surface area (TPSA) is 55.5 Å². The number of alkyl halides is 4. The zero-order chi connectivity index (χ0) is 18.0. The van der Waals surface area contributed by atoms with Crippen molar-refractivity contribution >= 4 is 11.5 Å². The molecule has 3 rings (SSSR count). The lowest BCUT2D eigenvalue weighted by Gasteiger charge is -2.18. The first-order valence-corrected chi connectivity index (χ1v) is 7.19. The highest BCUT2D eigenvalue weighted by atomic mass is 19.3. The third-order valence-electron chi connectivity index (χ3n) is 3.43. The van der Waals surface area contributed by atoms with Gasteiger partial charge in [-0.25, -0.2) is 8.78 Å². The van der Waals surface area contributed by atoms with Crippen LogP contribution in [0.2, 0.25) is 0 Å². The lowest BCUT2D eigenvalue weighted by molar-refractivity contribution is -0.0498. The van der Waals surface area contributed by atoms with Gasteiger partial charge in [-0.05, 0) is 29.8 Å². The van der Waals surface area contributed by atoms with Gasteiger partial charge in [-0.15, -0.1) is 15.3 Å². The van der Waals surface area contributed by atoms with E-state index in [0.29, 0.717) is 12.4 Å². The lowest BCUT2D eigenvalue weighted by atomic mass is 10.2. The fourth-order valence-corrected chi connectivity index (χ4v) is 2.27. The van der Waals surface area contributed by atoms with Gasteiger partial charge in [0.2, 0.25) is 5.82 Å². The number of hydrogen-bond acceptors (Lipinski definition) is 5. The van der Waals surface area contributed by atoms with Gasteiger partial charge in [0.1, 0.15) is 11.6 Å². The monoisotopic (exact) mass is 355 g/mol. The molecule has 0 fully saturated rings. The number of fused-ring (bicyclic) bond motifs is 1. The number of ether oxygens (including phenoxy) is 1. The molecule has 25 heavy (non-hydrogen) atoms. The fourth-order valence-electron chi connectivity index (χ4n) is 2.27. The fraction of sp³-hybridized carbons (Fsp3) is 0.267. The van der Waals surface area contributed by atoms with Gasteiger partial charge in [-0.3, -0.25) is 0 Å². The maximum atomic E-state index is 12.9. The van der Waals surface area contributed by atoms with Crippen molar-refractivity contribution in [3.63, 3.8) is 0 Å². The number of aromatic nitrogens is 4. The quantitative estimate of drug-likeness (QED) is 0.635. The first kappa shape index (κ1) is 16.9. The van der Waals surface area contributed by atoms with Gasteiger partial charge in [0.15, 0.2) is 5.65 Å². The van der Waals surface area contributed by atoms with Gasteiger partial charge in [0.05, 0.1) is 0 Å². The minimum Gasteiger partial charge on any atom is -0.435 e. The molecular formula is C15H13F4N5O. The number of nitrogens with zero attached hydrogens (tertiary/aromatic N) is 5. The third-order valence-corrected chi connectivity index (χ3v) is 3.43. The summed E-state index contributed by atoms with van der Waals surface area (Å²) >= 11 is 0. The van der Waals surface area contributed by atoms with E-state index in [1.54, 1.807) is 30.1 Å². The predicted molar refractivity (Wildman–Crippen MR) is 80.9 cm³/mol. The summed E-state index contributed by atoms with van der Waals surface area (Å²) in [4.78, 5) is 1.72. The first-order chi connectivity index (χ1) is 11.9. The van der Waals surface area contributed by atoms with Crippen molar-refractivity contribution in [1.82, 2.24) is 19.8 Å². The van der Waals surface area contributed by atoms with Crippen LogP contribution in [0, 0.1) is 0 Å². The molecule has 1 aromatic carbocycles. The van der Waals surface area contributed by atoms with Crippen LogP contribution < -0.4 is 9.64 Å². The van der Waals surface area contributed by atoms with Crippen molar-refractivity contribution in [1.29, 1.82) is 0 Å². The SMILES string of the molecule is CN(Cc1ccc(OC(F)F)cc1)c1ccc2nnc(C(F)F)n2n1. The zero-order valence-corrected chi connectivity index (χ0v) is 13.0. The maximum absolute atomic E-state index is 12.9. The molecule has 3 aromatic rings. The van der Waals surface area contributed by atoms with Gasteiger partial charge < -0.3 is 9.64 Å². The van der Waals surface area contributed by atoms with Crippen LogP contribution in [0.5, 0.6) is 5.75 Å². The van der Waals surface area contributed by atoms with Gasteiger partial charge in [0, 0.05) is 13.6 Å². The van der Waals surface area contributed by atoms with Crippen LogP contribution in [0.4, 0.5) is 23.4 Å². The summed E-state index contributed by atoms with van der Waals surface area (Å²) in [6, 6.07) is 9.30. The van der Waals surface area contributed by atoms with Crippen molar-refractivity contribution in [2.24, 2.45) is 0 Å². The Morgan fingerprint density at radius 3 is 2.40 bits per heavy atom. The van der Waals surface area contributed by atoms with E-state index in [1.165, 1.54) is 18.2 Å². The second-order valence-corrected chi connectivity index (χ2v) is 5.20. The second kappa shape index (κ2) is 6.91. The minimum absolute atomic E-state index is 0.0620. The van der Waals surface area contributed by atoms with E-state index in [-0.39, 0.29) is 11.4 Å². The molecule has 0 radical (unpaired) electrons. The molecule has 0 aliphatic carbocycles. The standard InChI is InChI=1S/C15H13F4N5O/c1-23(8-9-2-4-10(5-3-9)25-15(18)19)12-7-6-11-20-21-14(13(16)17)24(11)22-12/h2-7,13,15H,8H2,1H3. The van der Waals surface area contributed by atoms with Crippen molar-refractivity contribution in [3.05, 3.63) is 47.8 Å². The van der Waals surface area contributed by atoms with Crippen molar-refractivity contribution in [2.45, 2.75) is 19.6 Å². The molecule has 0 unspecified atom stereocenters. The van der Waals surface area contributed by atoms with Gasteiger partial charge in [0.25, 0.3) is 6.43 Å². The van der Waals surface area contributed by atoms with Crippen LogP contribution in [0.15, 0.2) is 36.4 Å². The molecular weight excluding hydrogens is 342 g/mol. The van der Waals surface area contributed by atoms with E-state index in [2.05, 4.69) is 20.0 Å². The Kier molecular flexibility index (Phi) is 4.68. The zero-order valence-electron chi connectivity index (χ0n) is 13.0. The van der Waals surface area contributed by atoms with Crippen LogP contribution >= 0.6 is 0 Å². The van der Waals surface area contributed by atoms with Gasteiger partial charge >= 0.3 is 6.61 Å². The Bertz CT molecular complexity index is 853. The Labute approximate surface area is 139 Å². The van der Waals surface area contributed by atoms with E-state index in [4.69, 9.17) is 0 Å². The molecule has 6 nitrogen and oxygen atoms in total. The van der Waals surface area contributed by atoms with E-state index in [1.807, 2.05) is 0 Å². The maximum Gasteiger partial charge on any atom is 0.387 e. The Morgan fingerprint density at radius 2 is 1.76 bits per heavy atom. The highest BCUT2D eigenvalue weighted by molar-refractivity contribution is 5.46. The number of rotatable bonds is 6. The number of halogens is 4. The largest absolute Gasteiger partial charge is 0.435 e. The molecule has 0 aliphatic heterocycles. The normalized spacial score (nSPS) is 11.5. The molecule has 0 aliphatic rings. The number of benzene rings is 1. The molecule has 2 heterocycles. The number of anilines is 1. The smallest absolute Gasteiger partial charge is 0.387 e. The van der Waals surface area contributed by atoms with Crippen LogP contribution in [0.25, 0.3) is 5.65 Å². The number of hydrogen-bond donors (Lipinski definition) is 0. The minimum atomic E-state index is -2.88. The van der Waals surface area contributed by atoms with E-state index in [9.17, 15) is 17.6 Å². The Morgan fingerprint density at radius 1 is 1.04 bits per heavy atom. The second-order valence-electron chi connectivity index (χ2n) is 5.20. The molecule has 0 atom stereocenters. The van der Waals surface area contributed by atoms with E-state index >= 15 is 0 Å². The molecule has 0 spiro atoms. The summed E-state index contributed by atoms with van der Waals surface area (Å²) in [5.74, 6) is -0.0344. The van der Waals surface area contributed by atoms with Gasteiger partial charge in [-0.2, -0.15) is 13.3 Å². The van der Waals surface area contributed by atoms with Crippen molar-refractivity contribution in [3.8, 4) is 5.75 Å². The van der Waals surface area contributed by atoms with E-state index < -0.39 is 18.9 Å². The molecule has 0 bridgehead atoms. The highest BCUT2D eigenvalue weighted by Gasteiger charge is 2.17. The molecule has 0 amide bonds. The molecule has 132 valence electrons. The summed E-state index contributed by atoms with van der Waals surface area (Å²) in [7, 11) is 1.73. The first-order valence-electron chi connectivity index (χ1n) is 7.19. The van der Waals surface area contributed by atoms with Crippen LogP contribution in [0.1, 0.15) is 17.8 Å². The predicted octanol–water partition coefficient (Wildman–Crippen LogP) is 3.30. The van der Waals surface area contributed by atoms with Crippen molar-refractivity contribution in [2.75, 3.05) is 11.9 Å². The third kappa shape index (κ3) is 3.78. The summed E-state index contributed by atoms with van der Waals surface area (Å²) < 4.78 is 55.4. The molecule has 10 heteroatoms. The highest BCUT2D eigenvalue weighted by Crippen LogP contribution is 2.20. The molecule has 0 saturated heterocycles. The summed E-state index contributed by atoms with van der Waals surface area (Å²) in [6.45, 7) is -2.49. The average molecular weight is 355 g/mol. The molecule has 2 aromatic heterocycles. The lowest BCUT2D eigenvalue weighted by Crippen LogP contribution is -2.19. The summed E-state index contributed by atoms with van der Waals surface area (Å²) in [5, 5.41) is 11.2.